The molecule has 3 nitrogen and oxygen atoms in total. The fourth-order valence-electron chi connectivity index (χ4n) is 2.63. The highest BCUT2D eigenvalue weighted by Gasteiger charge is 2.07. The molecule has 0 spiro atoms. The fourth-order valence-corrected chi connectivity index (χ4v) is 2.84. The van der Waals surface area contributed by atoms with E-state index >= 15 is 0 Å². The number of hydrogen-bond donors (Lipinski definition) is 1. The summed E-state index contributed by atoms with van der Waals surface area (Å²) in [5, 5.41) is 3.19. The summed E-state index contributed by atoms with van der Waals surface area (Å²) in [6.45, 7) is 2.55. The normalized spacial score (nSPS) is 10.9. The van der Waals surface area contributed by atoms with Crippen LogP contribution in [0.1, 0.15) is 22.3 Å². The van der Waals surface area contributed by atoms with E-state index in [4.69, 9.17) is 16.3 Å². The predicted octanol–water partition coefficient (Wildman–Crippen LogP) is 5.70. The zero-order valence-electron chi connectivity index (χ0n) is 16.0. The van der Waals surface area contributed by atoms with E-state index in [2.05, 4.69) is 5.32 Å². The average molecular weight is 410 g/mol. The Morgan fingerprint density at radius 2 is 1.79 bits per heavy atom. The lowest BCUT2D eigenvalue weighted by atomic mass is 10.1. The van der Waals surface area contributed by atoms with Gasteiger partial charge in [0.05, 0.1) is 5.02 Å². The van der Waals surface area contributed by atoms with Gasteiger partial charge in [-0.15, -0.1) is 0 Å². The summed E-state index contributed by atoms with van der Waals surface area (Å²) in [6.07, 6.45) is 3.21. The first-order valence-electron chi connectivity index (χ1n) is 9.18. The second-order valence-electron chi connectivity index (χ2n) is 6.59. The van der Waals surface area contributed by atoms with Crippen LogP contribution in [0.25, 0.3) is 6.08 Å². The third kappa shape index (κ3) is 6.19. The first-order valence-corrected chi connectivity index (χ1v) is 9.56. The predicted molar refractivity (Wildman–Crippen MR) is 114 cm³/mol. The monoisotopic (exact) mass is 409 g/mol. The van der Waals surface area contributed by atoms with E-state index in [0.29, 0.717) is 22.9 Å². The molecule has 0 aliphatic carbocycles. The van der Waals surface area contributed by atoms with Crippen molar-refractivity contribution in [3.05, 3.63) is 106 Å². The van der Waals surface area contributed by atoms with Crippen LogP contribution in [-0.4, -0.2) is 5.91 Å². The van der Waals surface area contributed by atoms with E-state index in [0.717, 1.165) is 11.1 Å². The summed E-state index contributed by atoms with van der Waals surface area (Å²) >= 11 is 6.00. The largest absolute Gasteiger partial charge is 0.489 e. The van der Waals surface area contributed by atoms with Gasteiger partial charge in [-0.05, 0) is 48.4 Å². The Bertz CT molecular complexity index is 978. The Hall–Kier alpha value is -3.11. The molecule has 0 radical (unpaired) electrons. The van der Waals surface area contributed by atoms with Crippen LogP contribution in [0.3, 0.4) is 0 Å². The first-order chi connectivity index (χ1) is 14.0. The van der Waals surface area contributed by atoms with Gasteiger partial charge in [0, 0.05) is 18.2 Å². The van der Waals surface area contributed by atoms with Gasteiger partial charge in [0.1, 0.15) is 18.2 Å². The lowest BCUT2D eigenvalue weighted by Gasteiger charge is -2.09. The summed E-state index contributed by atoms with van der Waals surface area (Å²) < 4.78 is 19.4. The molecule has 1 N–H and O–H groups in total. The van der Waals surface area contributed by atoms with Crippen LogP contribution >= 0.6 is 11.6 Å². The van der Waals surface area contributed by atoms with Gasteiger partial charge < -0.3 is 10.1 Å². The van der Waals surface area contributed by atoms with Crippen LogP contribution in [-0.2, 0) is 17.9 Å². The van der Waals surface area contributed by atoms with Gasteiger partial charge >= 0.3 is 0 Å². The molecule has 5 heteroatoms. The topological polar surface area (TPSA) is 38.3 Å². The Morgan fingerprint density at radius 1 is 1.07 bits per heavy atom. The number of rotatable bonds is 7. The van der Waals surface area contributed by atoms with Crippen molar-refractivity contribution in [3.8, 4) is 5.75 Å². The molecule has 1 amide bonds. The molecule has 0 saturated heterocycles. The van der Waals surface area contributed by atoms with Gasteiger partial charge in [0.2, 0.25) is 5.91 Å². The Morgan fingerprint density at radius 3 is 2.48 bits per heavy atom. The number of hydrogen-bond acceptors (Lipinski definition) is 2. The molecular weight excluding hydrogens is 389 g/mol. The molecular formula is C24H21ClFNO2. The number of amides is 1. The number of halogens is 2. The summed E-state index contributed by atoms with van der Waals surface area (Å²) in [6, 6.07) is 19.7. The number of aryl methyl sites for hydroxylation is 1. The van der Waals surface area contributed by atoms with Gasteiger partial charge in [0.15, 0.2) is 0 Å². The zero-order valence-corrected chi connectivity index (χ0v) is 16.7. The van der Waals surface area contributed by atoms with Crippen LogP contribution < -0.4 is 10.1 Å². The van der Waals surface area contributed by atoms with Crippen LogP contribution in [0.15, 0.2) is 72.8 Å². The average Bonchev–Trinajstić information content (AvgIpc) is 2.72. The Kier molecular flexibility index (Phi) is 7.04. The molecule has 0 aromatic heterocycles. The van der Waals surface area contributed by atoms with Crippen molar-refractivity contribution in [2.75, 3.05) is 0 Å². The minimum Gasteiger partial charge on any atom is -0.489 e. The van der Waals surface area contributed by atoms with Crippen molar-refractivity contribution in [1.29, 1.82) is 0 Å². The highest BCUT2D eigenvalue weighted by atomic mass is 35.5. The van der Waals surface area contributed by atoms with Crippen molar-refractivity contribution in [3.63, 3.8) is 0 Å². The van der Waals surface area contributed by atoms with E-state index in [1.54, 1.807) is 30.3 Å². The molecule has 148 valence electrons. The summed E-state index contributed by atoms with van der Waals surface area (Å²) in [4.78, 5) is 12.0. The lowest BCUT2D eigenvalue weighted by Crippen LogP contribution is -2.20. The quantitative estimate of drug-likeness (QED) is 0.508. The van der Waals surface area contributed by atoms with E-state index in [1.165, 1.54) is 17.7 Å². The second-order valence-corrected chi connectivity index (χ2v) is 7.00. The van der Waals surface area contributed by atoms with Gasteiger partial charge in [-0.1, -0.05) is 59.6 Å². The molecule has 29 heavy (non-hydrogen) atoms. The molecule has 0 fully saturated rings. The zero-order chi connectivity index (χ0) is 20.6. The van der Waals surface area contributed by atoms with Crippen molar-refractivity contribution >= 4 is 23.6 Å². The molecule has 0 saturated carbocycles. The van der Waals surface area contributed by atoms with Crippen LogP contribution in [0.4, 0.5) is 4.39 Å². The highest BCUT2D eigenvalue weighted by molar-refractivity contribution is 6.31. The second kappa shape index (κ2) is 9.89. The van der Waals surface area contributed by atoms with E-state index in [1.807, 2.05) is 43.3 Å². The van der Waals surface area contributed by atoms with Crippen molar-refractivity contribution in [1.82, 2.24) is 5.32 Å². The molecule has 0 heterocycles. The number of nitrogens with one attached hydrogen (secondary N) is 1. The van der Waals surface area contributed by atoms with Crippen LogP contribution in [0.2, 0.25) is 5.02 Å². The molecule has 3 aromatic rings. The van der Waals surface area contributed by atoms with Crippen molar-refractivity contribution in [2.45, 2.75) is 20.1 Å². The molecule has 3 rings (SSSR count). The van der Waals surface area contributed by atoms with E-state index in [-0.39, 0.29) is 12.5 Å². The van der Waals surface area contributed by atoms with Gasteiger partial charge in [-0.3, -0.25) is 4.79 Å². The highest BCUT2D eigenvalue weighted by Crippen LogP contribution is 2.22. The maximum atomic E-state index is 13.8. The third-order valence-electron chi connectivity index (χ3n) is 4.34. The van der Waals surface area contributed by atoms with Crippen LogP contribution in [0.5, 0.6) is 5.75 Å². The summed E-state index contributed by atoms with van der Waals surface area (Å²) in [7, 11) is 0. The standard InChI is InChI=1S/C24H21ClFNO2/c1-17-5-7-19(8-6-17)15-27-24(28)14-11-18-9-12-20(13-10-18)29-16-21-22(25)3-2-4-23(21)26/h2-14H,15-16H2,1H3,(H,27,28)/b14-11+. The first kappa shape index (κ1) is 20.6. The van der Waals surface area contributed by atoms with Gasteiger partial charge in [-0.25, -0.2) is 4.39 Å². The summed E-state index contributed by atoms with van der Waals surface area (Å²) in [5.74, 6) is 0.0269. The lowest BCUT2D eigenvalue weighted by molar-refractivity contribution is -0.116. The fraction of sp³-hybridized carbons (Fsp3) is 0.125. The number of benzene rings is 3. The van der Waals surface area contributed by atoms with Crippen molar-refractivity contribution < 1.29 is 13.9 Å². The van der Waals surface area contributed by atoms with Gasteiger partial charge in [-0.2, -0.15) is 0 Å². The minimum absolute atomic E-state index is 0.0438. The van der Waals surface area contributed by atoms with E-state index in [9.17, 15) is 9.18 Å². The molecule has 0 unspecified atom stereocenters. The summed E-state index contributed by atoms with van der Waals surface area (Å²) in [5.41, 5.74) is 3.41. The molecule has 0 aliphatic heterocycles. The molecule has 0 aliphatic rings. The maximum absolute atomic E-state index is 13.8. The van der Waals surface area contributed by atoms with Gasteiger partial charge in [0.25, 0.3) is 0 Å². The van der Waals surface area contributed by atoms with Crippen molar-refractivity contribution in [2.24, 2.45) is 0 Å². The molecule has 0 atom stereocenters. The van der Waals surface area contributed by atoms with Crippen LogP contribution in [0, 0.1) is 12.7 Å². The molecule has 0 bridgehead atoms. The number of ether oxygens (including phenoxy) is 1. The smallest absolute Gasteiger partial charge is 0.244 e. The molecule has 3 aromatic carbocycles. The Labute approximate surface area is 174 Å². The SMILES string of the molecule is Cc1ccc(CNC(=O)/C=C/c2ccc(OCc3c(F)cccc3Cl)cc2)cc1. The number of carbonyl (C=O) groups is 1. The maximum Gasteiger partial charge on any atom is 0.244 e. The number of carbonyl (C=O) groups excluding carboxylic acids is 1. The third-order valence-corrected chi connectivity index (χ3v) is 4.69. The Balaban J connectivity index is 1.50. The minimum atomic E-state index is -0.395. The van der Waals surface area contributed by atoms with E-state index < -0.39 is 5.82 Å².